The van der Waals surface area contributed by atoms with Crippen LogP contribution in [0.5, 0.6) is 5.75 Å². The van der Waals surface area contributed by atoms with Crippen molar-refractivity contribution in [2.24, 2.45) is 0 Å². The summed E-state index contributed by atoms with van der Waals surface area (Å²) in [5.41, 5.74) is 0.324. The molecule has 7 heteroatoms. The van der Waals surface area contributed by atoms with Crippen LogP contribution in [0.2, 0.25) is 0 Å². The van der Waals surface area contributed by atoms with Crippen molar-refractivity contribution in [3.8, 4) is 5.75 Å². The Morgan fingerprint density at radius 2 is 1.57 bits per heavy atom. The molecule has 0 aromatic heterocycles. The van der Waals surface area contributed by atoms with Crippen molar-refractivity contribution in [3.63, 3.8) is 0 Å². The van der Waals surface area contributed by atoms with Crippen LogP contribution in [0.3, 0.4) is 0 Å². The summed E-state index contributed by atoms with van der Waals surface area (Å²) >= 11 is 0. The Kier molecular flexibility index (Phi) is 3.55. The Labute approximate surface area is 128 Å². The number of hydrogen-bond acceptors (Lipinski definition) is 3. The van der Waals surface area contributed by atoms with E-state index in [0.29, 0.717) is 11.3 Å². The monoisotopic (exact) mass is 321 g/mol. The van der Waals surface area contributed by atoms with Crippen LogP contribution in [-0.4, -0.2) is 11.8 Å². The van der Waals surface area contributed by atoms with Crippen LogP contribution < -0.4 is 10.1 Å². The fourth-order valence-corrected chi connectivity index (χ4v) is 2.19. The lowest BCUT2D eigenvalue weighted by Crippen LogP contribution is -2.19. The molecule has 1 N–H and O–H groups in total. The van der Waals surface area contributed by atoms with Gasteiger partial charge in [-0.15, -0.1) is 0 Å². The first-order valence-electron chi connectivity index (χ1n) is 6.63. The second-order valence-electron chi connectivity index (χ2n) is 4.97. The Balaban J connectivity index is 1.71. The van der Waals surface area contributed by atoms with E-state index >= 15 is 0 Å². The van der Waals surface area contributed by atoms with E-state index in [0.717, 1.165) is 12.1 Å². The van der Waals surface area contributed by atoms with Crippen molar-refractivity contribution < 1.29 is 27.5 Å². The Hall–Kier alpha value is -2.83. The Morgan fingerprint density at radius 1 is 0.913 bits per heavy atom. The molecule has 1 aliphatic heterocycles. The summed E-state index contributed by atoms with van der Waals surface area (Å²) in [7, 11) is 0. The van der Waals surface area contributed by atoms with E-state index in [9.17, 15) is 22.8 Å². The molecule has 0 radical (unpaired) electrons. The number of imide groups is 1. The van der Waals surface area contributed by atoms with E-state index in [4.69, 9.17) is 4.74 Å². The van der Waals surface area contributed by atoms with Crippen molar-refractivity contribution in [1.82, 2.24) is 5.32 Å². The SMILES string of the molecule is O=C1NC(=O)c2cc(OCc3ccc(C(F)(F)F)cc3)ccc21. The molecule has 0 saturated carbocycles. The summed E-state index contributed by atoms with van der Waals surface area (Å²) in [6.45, 7) is 0.0481. The number of amides is 2. The van der Waals surface area contributed by atoms with E-state index in [1.54, 1.807) is 0 Å². The van der Waals surface area contributed by atoms with Gasteiger partial charge in [-0.1, -0.05) is 12.1 Å². The number of rotatable bonds is 3. The highest BCUT2D eigenvalue weighted by molar-refractivity contribution is 6.21. The van der Waals surface area contributed by atoms with Crippen LogP contribution in [0.4, 0.5) is 13.2 Å². The van der Waals surface area contributed by atoms with E-state index < -0.39 is 23.6 Å². The second kappa shape index (κ2) is 5.42. The van der Waals surface area contributed by atoms with E-state index in [1.165, 1.54) is 30.3 Å². The third-order valence-corrected chi connectivity index (χ3v) is 3.39. The summed E-state index contributed by atoms with van der Waals surface area (Å²) < 4.78 is 42.9. The summed E-state index contributed by atoms with van der Waals surface area (Å²) in [4.78, 5) is 23.0. The molecule has 0 saturated heterocycles. The Morgan fingerprint density at radius 3 is 2.22 bits per heavy atom. The summed E-state index contributed by atoms with van der Waals surface area (Å²) in [5, 5.41) is 2.16. The topological polar surface area (TPSA) is 55.4 Å². The zero-order valence-electron chi connectivity index (χ0n) is 11.6. The standard InChI is InChI=1S/C16H10F3NO3/c17-16(18,19)10-3-1-9(2-4-10)8-23-11-5-6-12-13(7-11)15(22)20-14(12)21/h1-7H,8H2,(H,20,21,22). The number of carbonyl (C=O) groups is 2. The van der Waals surface area contributed by atoms with Gasteiger partial charge in [0.05, 0.1) is 16.7 Å². The van der Waals surface area contributed by atoms with Crippen LogP contribution in [0.15, 0.2) is 42.5 Å². The molecular weight excluding hydrogens is 311 g/mol. The molecule has 0 fully saturated rings. The molecule has 3 rings (SSSR count). The van der Waals surface area contributed by atoms with Crippen LogP contribution in [0.25, 0.3) is 0 Å². The molecule has 1 aliphatic rings. The first-order chi connectivity index (χ1) is 10.8. The highest BCUT2D eigenvalue weighted by Gasteiger charge is 2.30. The number of benzene rings is 2. The van der Waals surface area contributed by atoms with Gasteiger partial charge in [0.15, 0.2) is 0 Å². The highest BCUT2D eigenvalue weighted by atomic mass is 19.4. The number of nitrogens with one attached hydrogen (secondary N) is 1. The number of hydrogen-bond donors (Lipinski definition) is 1. The number of alkyl halides is 3. The fourth-order valence-electron chi connectivity index (χ4n) is 2.19. The molecule has 0 bridgehead atoms. The summed E-state index contributed by atoms with van der Waals surface area (Å²) in [5.74, 6) is -0.599. The smallest absolute Gasteiger partial charge is 0.416 e. The number of halogens is 3. The van der Waals surface area contributed by atoms with Crippen molar-refractivity contribution in [2.75, 3.05) is 0 Å². The number of carbonyl (C=O) groups excluding carboxylic acids is 2. The molecule has 0 spiro atoms. The van der Waals surface area contributed by atoms with Crippen LogP contribution in [-0.2, 0) is 12.8 Å². The van der Waals surface area contributed by atoms with Gasteiger partial charge < -0.3 is 4.74 Å². The van der Waals surface area contributed by atoms with Gasteiger partial charge in [-0.25, -0.2) is 0 Å². The fraction of sp³-hybridized carbons (Fsp3) is 0.125. The third-order valence-electron chi connectivity index (χ3n) is 3.39. The predicted molar refractivity (Wildman–Crippen MR) is 74.0 cm³/mol. The Bertz CT molecular complexity index is 782. The largest absolute Gasteiger partial charge is 0.489 e. The quantitative estimate of drug-likeness (QED) is 0.884. The van der Waals surface area contributed by atoms with Gasteiger partial charge in [0, 0.05) is 0 Å². The minimum atomic E-state index is -4.38. The molecule has 2 aromatic carbocycles. The molecule has 0 aliphatic carbocycles. The minimum Gasteiger partial charge on any atom is -0.489 e. The van der Waals surface area contributed by atoms with Crippen molar-refractivity contribution in [1.29, 1.82) is 0 Å². The average Bonchev–Trinajstić information content (AvgIpc) is 2.79. The van der Waals surface area contributed by atoms with Crippen molar-refractivity contribution >= 4 is 11.8 Å². The lowest BCUT2D eigenvalue weighted by Gasteiger charge is -2.09. The summed E-state index contributed by atoms with van der Waals surface area (Å²) in [6, 6.07) is 9.04. The molecule has 0 unspecified atom stereocenters. The van der Waals surface area contributed by atoms with E-state index in [1.807, 2.05) is 0 Å². The van der Waals surface area contributed by atoms with Gasteiger partial charge in [0.2, 0.25) is 0 Å². The molecule has 1 heterocycles. The molecule has 118 valence electrons. The molecule has 4 nitrogen and oxygen atoms in total. The van der Waals surface area contributed by atoms with Gasteiger partial charge in [-0.05, 0) is 35.9 Å². The van der Waals surface area contributed by atoms with Crippen LogP contribution in [0, 0.1) is 0 Å². The van der Waals surface area contributed by atoms with Crippen molar-refractivity contribution in [2.45, 2.75) is 12.8 Å². The molecule has 0 atom stereocenters. The second-order valence-corrected chi connectivity index (χ2v) is 4.97. The minimum absolute atomic E-state index is 0.0481. The van der Waals surface area contributed by atoms with E-state index in [2.05, 4.69) is 5.32 Å². The zero-order valence-corrected chi connectivity index (χ0v) is 11.6. The molecule has 2 amide bonds. The highest BCUT2D eigenvalue weighted by Crippen LogP contribution is 2.29. The third kappa shape index (κ3) is 3.03. The number of fused-ring (bicyclic) bond motifs is 1. The molecule has 2 aromatic rings. The van der Waals surface area contributed by atoms with Crippen molar-refractivity contribution in [3.05, 3.63) is 64.7 Å². The van der Waals surface area contributed by atoms with Gasteiger partial charge >= 0.3 is 6.18 Å². The van der Waals surface area contributed by atoms with Crippen LogP contribution >= 0.6 is 0 Å². The maximum atomic E-state index is 12.5. The van der Waals surface area contributed by atoms with Gasteiger partial charge in [-0.3, -0.25) is 14.9 Å². The van der Waals surface area contributed by atoms with Gasteiger partial charge in [-0.2, -0.15) is 13.2 Å². The predicted octanol–water partition coefficient (Wildman–Crippen LogP) is 3.17. The maximum Gasteiger partial charge on any atom is 0.416 e. The maximum absolute atomic E-state index is 12.5. The zero-order chi connectivity index (χ0) is 16.6. The van der Waals surface area contributed by atoms with E-state index in [-0.39, 0.29) is 17.7 Å². The van der Waals surface area contributed by atoms with Crippen LogP contribution in [0.1, 0.15) is 31.8 Å². The summed E-state index contributed by atoms with van der Waals surface area (Å²) in [6.07, 6.45) is -4.38. The molecular formula is C16H10F3NO3. The first-order valence-corrected chi connectivity index (χ1v) is 6.63. The average molecular weight is 321 g/mol. The van der Waals surface area contributed by atoms with Gasteiger partial charge in [0.25, 0.3) is 11.8 Å². The molecule has 23 heavy (non-hydrogen) atoms. The number of ether oxygens (including phenoxy) is 1. The normalized spacial score (nSPS) is 13.7. The van der Waals surface area contributed by atoms with Gasteiger partial charge in [0.1, 0.15) is 12.4 Å². The lowest BCUT2D eigenvalue weighted by atomic mass is 10.1. The lowest BCUT2D eigenvalue weighted by molar-refractivity contribution is -0.137. The first kappa shape index (κ1) is 15.1.